The molecule has 0 radical (unpaired) electrons. The molecule has 0 N–H and O–H groups in total. The monoisotopic (exact) mass is 366 g/mol. The van der Waals surface area contributed by atoms with E-state index in [0.29, 0.717) is 37.0 Å². The highest BCUT2D eigenvalue weighted by molar-refractivity contribution is 6.30. The molecule has 1 aliphatic heterocycles. The van der Waals surface area contributed by atoms with Gasteiger partial charge >= 0.3 is 0 Å². The molecule has 1 aromatic rings. The number of benzene rings is 1. The molecule has 0 aliphatic carbocycles. The summed E-state index contributed by atoms with van der Waals surface area (Å²) in [6.07, 6.45) is -0.579. The van der Waals surface area contributed by atoms with E-state index in [4.69, 9.17) is 16.3 Å². The highest BCUT2D eigenvalue weighted by atomic mass is 35.5. The first kappa shape index (κ1) is 19.6. The third-order valence-electron chi connectivity index (χ3n) is 4.31. The summed E-state index contributed by atoms with van der Waals surface area (Å²) in [5.74, 6) is 0.727. The van der Waals surface area contributed by atoms with E-state index in [1.807, 2.05) is 38.7 Å². The van der Waals surface area contributed by atoms with Gasteiger partial charge in [-0.05, 0) is 37.6 Å². The van der Waals surface area contributed by atoms with Crippen LogP contribution in [0.3, 0.4) is 0 Å². The molecule has 0 saturated carbocycles. The summed E-state index contributed by atoms with van der Waals surface area (Å²) in [5, 5.41) is 0.642. The Morgan fingerprint density at radius 2 is 1.68 bits per heavy atom. The molecule has 1 unspecified atom stereocenters. The number of carbonyl (C=O) groups is 2. The zero-order valence-corrected chi connectivity index (χ0v) is 16.4. The fourth-order valence-electron chi connectivity index (χ4n) is 2.85. The summed E-state index contributed by atoms with van der Waals surface area (Å²) in [5.41, 5.74) is 0.502. The van der Waals surface area contributed by atoms with Gasteiger partial charge in [0.2, 0.25) is 5.91 Å². The van der Waals surface area contributed by atoms with Gasteiger partial charge in [-0.2, -0.15) is 0 Å². The number of hydrogen-bond acceptors (Lipinski definition) is 3. The predicted molar refractivity (Wildman–Crippen MR) is 98.9 cm³/mol. The van der Waals surface area contributed by atoms with Crippen LogP contribution in [0.25, 0.3) is 0 Å². The molecule has 6 heteroatoms. The Hall–Kier alpha value is -1.75. The van der Waals surface area contributed by atoms with Gasteiger partial charge in [0.05, 0.1) is 0 Å². The quantitative estimate of drug-likeness (QED) is 0.825. The van der Waals surface area contributed by atoms with Crippen LogP contribution in [0.5, 0.6) is 5.75 Å². The molecule has 2 amide bonds. The lowest BCUT2D eigenvalue weighted by atomic mass is 9.94. The molecule has 1 atom stereocenters. The van der Waals surface area contributed by atoms with Gasteiger partial charge < -0.3 is 14.5 Å². The molecule has 2 rings (SSSR count). The van der Waals surface area contributed by atoms with Gasteiger partial charge in [-0.1, -0.05) is 32.4 Å². The number of amides is 2. The van der Waals surface area contributed by atoms with Crippen LogP contribution in [-0.4, -0.2) is 53.9 Å². The van der Waals surface area contributed by atoms with Crippen LogP contribution in [0.2, 0.25) is 5.02 Å². The Bertz CT molecular complexity index is 647. The summed E-state index contributed by atoms with van der Waals surface area (Å²) in [6.45, 7) is 11.6. The summed E-state index contributed by atoms with van der Waals surface area (Å²) in [4.78, 5) is 28.5. The van der Waals surface area contributed by atoms with E-state index in [0.717, 1.165) is 5.56 Å². The Kier molecular flexibility index (Phi) is 5.99. The standard InChI is InChI=1S/C19H27ClN2O3/c1-13-12-15(20)6-7-16(13)25-14(2)17(23)21-8-10-22(11-9-21)18(24)19(3,4)5/h6-7,12,14H,8-11H2,1-5H3. The molecule has 0 aromatic heterocycles. The Labute approximate surface area is 154 Å². The van der Waals surface area contributed by atoms with E-state index >= 15 is 0 Å². The number of hydrogen-bond donors (Lipinski definition) is 0. The average molecular weight is 367 g/mol. The van der Waals surface area contributed by atoms with Gasteiger partial charge in [0.25, 0.3) is 5.91 Å². The Balaban J connectivity index is 1.92. The van der Waals surface area contributed by atoms with Gasteiger partial charge in [-0.25, -0.2) is 0 Å². The van der Waals surface area contributed by atoms with Crippen LogP contribution in [0, 0.1) is 12.3 Å². The van der Waals surface area contributed by atoms with Crippen LogP contribution < -0.4 is 4.74 Å². The lowest BCUT2D eigenvalue weighted by Gasteiger charge is -2.38. The second-order valence-electron chi connectivity index (χ2n) is 7.54. The molecule has 1 heterocycles. The second-order valence-corrected chi connectivity index (χ2v) is 7.97. The number of halogens is 1. The van der Waals surface area contributed by atoms with Crippen molar-refractivity contribution in [2.24, 2.45) is 5.41 Å². The highest BCUT2D eigenvalue weighted by Gasteiger charge is 2.32. The first-order valence-electron chi connectivity index (χ1n) is 8.60. The SMILES string of the molecule is Cc1cc(Cl)ccc1OC(C)C(=O)N1CCN(C(=O)C(C)(C)C)CC1. The van der Waals surface area contributed by atoms with Crippen molar-refractivity contribution in [1.29, 1.82) is 0 Å². The maximum Gasteiger partial charge on any atom is 0.263 e. The van der Waals surface area contributed by atoms with Crippen molar-refractivity contribution in [3.8, 4) is 5.75 Å². The van der Waals surface area contributed by atoms with Crippen LogP contribution in [0.1, 0.15) is 33.3 Å². The Morgan fingerprint density at radius 1 is 1.12 bits per heavy atom. The van der Waals surface area contributed by atoms with Gasteiger partial charge in [0, 0.05) is 36.6 Å². The number of piperazine rings is 1. The minimum Gasteiger partial charge on any atom is -0.481 e. The van der Waals surface area contributed by atoms with Crippen LogP contribution in [0.15, 0.2) is 18.2 Å². The predicted octanol–water partition coefficient (Wildman–Crippen LogP) is 3.13. The van der Waals surface area contributed by atoms with Gasteiger partial charge in [0.1, 0.15) is 5.75 Å². The van der Waals surface area contributed by atoms with Crippen molar-refractivity contribution in [1.82, 2.24) is 9.80 Å². The number of nitrogens with zero attached hydrogens (tertiary/aromatic N) is 2. The van der Waals surface area contributed by atoms with Crippen molar-refractivity contribution in [3.63, 3.8) is 0 Å². The molecule has 0 bridgehead atoms. The fraction of sp³-hybridized carbons (Fsp3) is 0.579. The maximum atomic E-state index is 12.6. The highest BCUT2D eigenvalue weighted by Crippen LogP contribution is 2.23. The minimum atomic E-state index is -0.579. The molecule has 1 fully saturated rings. The number of rotatable bonds is 3. The van der Waals surface area contributed by atoms with Crippen molar-refractivity contribution >= 4 is 23.4 Å². The Morgan fingerprint density at radius 3 is 2.20 bits per heavy atom. The second kappa shape index (κ2) is 7.65. The summed E-state index contributed by atoms with van der Waals surface area (Å²) in [6, 6.07) is 5.34. The van der Waals surface area contributed by atoms with Gasteiger partial charge in [-0.15, -0.1) is 0 Å². The van der Waals surface area contributed by atoms with E-state index in [9.17, 15) is 9.59 Å². The van der Waals surface area contributed by atoms with Crippen LogP contribution in [0.4, 0.5) is 0 Å². The van der Waals surface area contributed by atoms with Crippen LogP contribution >= 0.6 is 11.6 Å². The molecule has 1 aromatic carbocycles. The van der Waals surface area contributed by atoms with E-state index in [2.05, 4.69) is 0 Å². The zero-order valence-electron chi connectivity index (χ0n) is 15.6. The van der Waals surface area contributed by atoms with Gasteiger partial charge in [-0.3, -0.25) is 9.59 Å². The molecular weight excluding hydrogens is 340 g/mol. The number of ether oxygens (including phenoxy) is 1. The molecule has 1 aliphatic rings. The lowest BCUT2D eigenvalue weighted by molar-refractivity contribution is -0.147. The largest absolute Gasteiger partial charge is 0.481 e. The minimum absolute atomic E-state index is 0.0581. The molecular formula is C19H27ClN2O3. The zero-order chi connectivity index (χ0) is 18.8. The molecule has 1 saturated heterocycles. The maximum absolute atomic E-state index is 12.6. The topological polar surface area (TPSA) is 49.9 Å². The van der Waals surface area contributed by atoms with Gasteiger partial charge in [0.15, 0.2) is 6.10 Å². The third-order valence-corrected chi connectivity index (χ3v) is 4.54. The summed E-state index contributed by atoms with van der Waals surface area (Å²) < 4.78 is 5.81. The van der Waals surface area contributed by atoms with E-state index in [1.54, 1.807) is 24.0 Å². The average Bonchev–Trinajstić information content (AvgIpc) is 2.55. The van der Waals surface area contributed by atoms with E-state index < -0.39 is 11.5 Å². The summed E-state index contributed by atoms with van der Waals surface area (Å²) >= 11 is 5.95. The molecule has 138 valence electrons. The fourth-order valence-corrected chi connectivity index (χ4v) is 3.07. The first-order valence-corrected chi connectivity index (χ1v) is 8.98. The molecule has 25 heavy (non-hydrogen) atoms. The molecule has 0 spiro atoms. The third kappa shape index (κ3) is 4.88. The normalized spacial score (nSPS) is 16.6. The number of carbonyl (C=O) groups excluding carboxylic acids is 2. The number of aryl methyl sites for hydroxylation is 1. The first-order chi connectivity index (χ1) is 11.6. The smallest absolute Gasteiger partial charge is 0.263 e. The van der Waals surface area contributed by atoms with Crippen LogP contribution in [-0.2, 0) is 9.59 Å². The van der Waals surface area contributed by atoms with Crippen molar-refractivity contribution in [3.05, 3.63) is 28.8 Å². The molecule has 5 nitrogen and oxygen atoms in total. The van der Waals surface area contributed by atoms with Crippen molar-refractivity contribution in [2.45, 2.75) is 40.7 Å². The van der Waals surface area contributed by atoms with Crippen molar-refractivity contribution in [2.75, 3.05) is 26.2 Å². The van der Waals surface area contributed by atoms with E-state index in [-0.39, 0.29) is 11.8 Å². The van der Waals surface area contributed by atoms with Crippen molar-refractivity contribution < 1.29 is 14.3 Å². The summed E-state index contributed by atoms with van der Waals surface area (Å²) in [7, 11) is 0. The van der Waals surface area contributed by atoms with E-state index in [1.165, 1.54) is 0 Å². The lowest BCUT2D eigenvalue weighted by Crippen LogP contribution is -2.55.